The number of aromatic nitrogens is 2. The zero-order valence-corrected chi connectivity index (χ0v) is 11.9. The summed E-state index contributed by atoms with van der Waals surface area (Å²) >= 11 is 0. The smallest absolute Gasteiger partial charge is 0.247 e. The predicted molar refractivity (Wildman–Crippen MR) is 80.3 cm³/mol. The Hall–Kier alpha value is -2.34. The van der Waals surface area contributed by atoms with Crippen LogP contribution in [0.3, 0.4) is 0 Å². The number of carbonyl (C=O) groups is 1. The highest BCUT2D eigenvalue weighted by atomic mass is 16.5. The van der Waals surface area contributed by atoms with E-state index in [0.29, 0.717) is 25.3 Å². The standard InChI is InChI=1S/C15H18N4O2/c1-21-7-6-19-10-12(9-16-19)17-15(20)14-8-11-4-2-3-5-13(11)18-14/h2-5,9-10,14,18H,6-8H2,1H3,(H,17,20)/t14-/m0/s1. The summed E-state index contributed by atoms with van der Waals surface area (Å²) in [4.78, 5) is 12.3. The van der Waals surface area contributed by atoms with Gasteiger partial charge in [0.15, 0.2) is 0 Å². The quantitative estimate of drug-likeness (QED) is 0.874. The van der Waals surface area contributed by atoms with Crippen LogP contribution in [0, 0.1) is 0 Å². The van der Waals surface area contributed by atoms with Gasteiger partial charge in [0.05, 0.1) is 25.0 Å². The van der Waals surface area contributed by atoms with E-state index in [1.165, 1.54) is 5.56 Å². The molecule has 0 saturated heterocycles. The first-order chi connectivity index (χ1) is 10.3. The second-order valence-electron chi connectivity index (χ2n) is 5.03. The first-order valence-electron chi connectivity index (χ1n) is 6.93. The van der Waals surface area contributed by atoms with Crippen LogP contribution in [0.25, 0.3) is 0 Å². The molecule has 1 aromatic heterocycles. The van der Waals surface area contributed by atoms with Gasteiger partial charge in [-0.15, -0.1) is 0 Å². The summed E-state index contributed by atoms with van der Waals surface area (Å²) in [6, 6.07) is 7.75. The van der Waals surface area contributed by atoms with E-state index < -0.39 is 0 Å². The molecule has 0 fully saturated rings. The third-order valence-corrected chi connectivity index (χ3v) is 3.51. The number of nitrogens with zero attached hydrogens (tertiary/aromatic N) is 2. The van der Waals surface area contributed by atoms with Crippen LogP contribution >= 0.6 is 0 Å². The van der Waals surface area contributed by atoms with Crippen molar-refractivity contribution in [3.63, 3.8) is 0 Å². The molecular weight excluding hydrogens is 268 g/mol. The lowest BCUT2D eigenvalue weighted by Gasteiger charge is -2.10. The first kappa shape index (κ1) is 13.6. The van der Waals surface area contributed by atoms with E-state index in [0.717, 1.165) is 5.69 Å². The summed E-state index contributed by atoms with van der Waals surface area (Å²) in [6.45, 7) is 1.26. The lowest BCUT2D eigenvalue weighted by molar-refractivity contribution is -0.116. The highest BCUT2D eigenvalue weighted by Crippen LogP contribution is 2.25. The van der Waals surface area contributed by atoms with Crippen LogP contribution in [-0.2, 0) is 22.5 Å². The molecule has 0 bridgehead atoms. The van der Waals surface area contributed by atoms with Gasteiger partial charge in [0.2, 0.25) is 5.91 Å². The third-order valence-electron chi connectivity index (χ3n) is 3.51. The van der Waals surface area contributed by atoms with Gasteiger partial charge in [-0.1, -0.05) is 18.2 Å². The number of rotatable bonds is 5. The summed E-state index contributed by atoms with van der Waals surface area (Å²) in [6.07, 6.45) is 4.16. The minimum absolute atomic E-state index is 0.0440. The van der Waals surface area contributed by atoms with Crippen LogP contribution in [0.1, 0.15) is 5.56 Å². The zero-order valence-electron chi connectivity index (χ0n) is 11.9. The summed E-state index contributed by atoms with van der Waals surface area (Å²) in [5.74, 6) is -0.0440. The number of benzene rings is 1. The number of nitrogens with one attached hydrogen (secondary N) is 2. The molecule has 1 aromatic carbocycles. The monoisotopic (exact) mass is 286 g/mol. The maximum atomic E-state index is 12.3. The highest BCUT2D eigenvalue weighted by molar-refractivity contribution is 5.97. The van der Waals surface area contributed by atoms with Gasteiger partial charge in [0.1, 0.15) is 6.04 Å². The van der Waals surface area contributed by atoms with E-state index in [-0.39, 0.29) is 11.9 Å². The SMILES string of the molecule is COCCn1cc(NC(=O)[C@@H]2Cc3ccccc3N2)cn1. The Morgan fingerprint density at radius 2 is 2.38 bits per heavy atom. The highest BCUT2D eigenvalue weighted by Gasteiger charge is 2.26. The average Bonchev–Trinajstić information content (AvgIpc) is 3.11. The number of para-hydroxylation sites is 1. The molecule has 2 aromatic rings. The molecule has 0 radical (unpaired) electrons. The zero-order chi connectivity index (χ0) is 14.7. The maximum Gasteiger partial charge on any atom is 0.247 e. The molecule has 3 rings (SSSR count). The summed E-state index contributed by atoms with van der Waals surface area (Å²) in [7, 11) is 1.65. The molecule has 1 atom stereocenters. The average molecular weight is 286 g/mol. The third kappa shape index (κ3) is 3.05. The van der Waals surface area contributed by atoms with Gasteiger partial charge in [-0.2, -0.15) is 5.10 Å². The molecule has 6 nitrogen and oxygen atoms in total. The normalized spacial score (nSPS) is 16.3. The molecule has 2 N–H and O–H groups in total. The first-order valence-corrected chi connectivity index (χ1v) is 6.93. The molecule has 21 heavy (non-hydrogen) atoms. The van der Waals surface area contributed by atoms with Crippen LogP contribution in [0.15, 0.2) is 36.7 Å². The van der Waals surface area contributed by atoms with Crippen molar-refractivity contribution in [2.24, 2.45) is 0 Å². The van der Waals surface area contributed by atoms with Crippen molar-refractivity contribution >= 4 is 17.3 Å². The fourth-order valence-electron chi connectivity index (χ4n) is 2.42. The number of anilines is 2. The maximum absolute atomic E-state index is 12.3. The second kappa shape index (κ2) is 5.97. The van der Waals surface area contributed by atoms with E-state index in [9.17, 15) is 4.79 Å². The van der Waals surface area contributed by atoms with Crippen LogP contribution in [-0.4, -0.2) is 35.4 Å². The Morgan fingerprint density at radius 1 is 1.52 bits per heavy atom. The number of ether oxygens (including phenoxy) is 1. The second-order valence-corrected chi connectivity index (χ2v) is 5.03. The van der Waals surface area contributed by atoms with Gasteiger partial charge in [-0.25, -0.2) is 0 Å². The number of methoxy groups -OCH3 is 1. The van der Waals surface area contributed by atoms with Crippen molar-refractivity contribution in [2.45, 2.75) is 19.0 Å². The number of hydrogen-bond donors (Lipinski definition) is 2. The van der Waals surface area contributed by atoms with Crippen LogP contribution in [0.2, 0.25) is 0 Å². The van der Waals surface area contributed by atoms with Crippen LogP contribution < -0.4 is 10.6 Å². The summed E-state index contributed by atoms with van der Waals surface area (Å²) in [5, 5.41) is 10.3. The van der Waals surface area contributed by atoms with Crippen molar-refractivity contribution in [2.75, 3.05) is 24.4 Å². The molecule has 2 heterocycles. The van der Waals surface area contributed by atoms with Crippen molar-refractivity contribution in [3.05, 3.63) is 42.2 Å². The Labute approximate surface area is 123 Å². The van der Waals surface area contributed by atoms with Crippen LogP contribution in [0.5, 0.6) is 0 Å². The number of carbonyl (C=O) groups excluding carboxylic acids is 1. The van der Waals surface area contributed by atoms with Crippen LogP contribution in [0.4, 0.5) is 11.4 Å². The van der Waals surface area contributed by atoms with E-state index in [1.54, 1.807) is 24.2 Å². The van der Waals surface area contributed by atoms with Crippen molar-refractivity contribution < 1.29 is 9.53 Å². The van der Waals surface area contributed by atoms with E-state index >= 15 is 0 Å². The predicted octanol–water partition coefficient (Wildman–Crippen LogP) is 1.50. The lowest BCUT2D eigenvalue weighted by Crippen LogP contribution is -2.32. The van der Waals surface area contributed by atoms with Gasteiger partial charge < -0.3 is 15.4 Å². The Bertz CT molecular complexity index is 613. The lowest BCUT2D eigenvalue weighted by atomic mass is 10.1. The summed E-state index contributed by atoms with van der Waals surface area (Å²) in [5.41, 5.74) is 2.91. The molecule has 0 aliphatic carbocycles. The Balaban J connectivity index is 1.59. The molecule has 1 aliphatic rings. The summed E-state index contributed by atoms with van der Waals surface area (Å²) < 4.78 is 6.74. The van der Waals surface area contributed by atoms with E-state index in [2.05, 4.69) is 15.7 Å². The minimum Gasteiger partial charge on any atom is -0.383 e. The van der Waals surface area contributed by atoms with Gasteiger partial charge in [0, 0.05) is 25.4 Å². The van der Waals surface area contributed by atoms with Gasteiger partial charge in [-0.05, 0) is 11.6 Å². The fraction of sp³-hybridized carbons (Fsp3) is 0.333. The largest absolute Gasteiger partial charge is 0.383 e. The molecule has 1 amide bonds. The number of hydrogen-bond acceptors (Lipinski definition) is 4. The van der Waals surface area contributed by atoms with Gasteiger partial charge in [0.25, 0.3) is 0 Å². The number of fused-ring (bicyclic) bond motifs is 1. The van der Waals surface area contributed by atoms with E-state index in [4.69, 9.17) is 4.74 Å². The molecule has 110 valence electrons. The molecule has 1 aliphatic heterocycles. The molecule has 0 saturated carbocycles. The van der Waals surface area contributed by atoms with Gasteiger partial charge >= 0.3 is 0 Å². The molecule has 0 spiro atoms. The minimum atomic E-state index is -0.232. The van der Waals surface area contributed by atoms with Crippen molar-refractivity contribution in [3.8, 4) is 0 Å². The fourth-order valence-corrected chi connectivity index (χ4v) is 2.42. The number of amides is 1. The molecular formula is C15H18N4O2. The van der Waals surface area contributed by atoms with Crippen molar-refractivity contribution in [1.82, 2.24) is 9.78 Å². The Morgan fingerprint density at radius 3 is 3.19 bits per heavy atom. The van der Waals surface area contributed by atoms with Crippen molar-refractivity contribution in [1.29, 1.82) is 0 Å². The molecule has 0 unspecified atom stereocenters. The van der Waals surface area contributed by atoms with E-state index in [1.807, 2.05) is 24.3 Å². The van der Waals surface area contributed by atoms with Gasteiger partial charge in [-0.3, -0.25) is 9.48 Å². The topological polar surface area (TPSA) is 68.2 Å². The molecule has 6 heteroatoms. The Kier molecular flexibility index (Phi) is 3.87.